The molecule has 1 atom stereocenters. The van der Waals surface area contributed by atoms with Crippen LogP contribution in [0.5, 0.6) is 0 Å². The molecule has 4 heteroatoms. The van der Waals surface area contributed by atoms with E-state index in [2.05, 4.69) is 22.9 Å². The summed E-state index contributed by atoms with van der Waals surface area (Å²) < 4.78 is 1.99. The number of nitrogens with zero attached hydrogens (tertiary/aromatic N) is 1. The Morgan fingerprint density at radius 3 is 2.83 bits per heavy atom. The van der Waals surface area contributed by atoms with Crippen LogP contribution in [0.2, 0.25) is 0 Å². The molecule has 1 heterocycles. The van der Waals surface area contributed by atoms with Gasteiger partial charge < -0.3 is 15.2 Å². The summed E-state index contributed by atoms with van der Waals surface area (Å²) in [7, 11) is 2.01. The van der Waals surface area contributed by atoms with Crippen LogP contribution >= 0.6 is 0 Å². The number of hydrogen-bond donors (Lipinski definition) is 2. The first-order valence-corrected chi connectivity index (χ1v) is 6.88. The molecule has 0 aliphatic heterocycles. The first-order valence-electron chi connectivity index (χ1n) is 6.88. The highest BCUT2D eigenvalue weighted by Gasteiger charge is 2.31. The fourth-order valence-electron chi connectivity index (χ4n) is 2.51. The molecule has 0 saturated heterocycles. The van der Waals surface area contributed by atoms with Crippen molar-refractivity contribution in [2.75, 3.05) is 7.05 Å². The highest BCUT2D eigenvalue weighted by molar-refractivity contribution is 5.76. The topological polar surface area (TPSA) is 46.1 Å². The van der Waals surface area contributed by atoms with Crippen LogP contribution in [0.15, 0.2) is 18.5 Å². The summed E-state index contributed by atoms with van der Waals surface area (Å²) in [6.07, 6.45) is 9.04. The minimum Gasteiger partial charge on any atom is -0.352 e. The molecule has 2 saturated carbocycles. The zero-order chi connectivity index (χ0) is 12.5. The lowest BCUT2D eigenvalue weighted by Gasteiger charge is -2.13. The molecule has 1 aromatic heterocycles. The Morgan fingerprint density at radius 2 is 2.22 bits per heavy atom. The first-order chi connectivity index (χ1) is 8.76. The summed E-state index contributed by atoms with van der Waals surface area (Å²) >= 11 is 0. The predicted molar refractivity (Wildman–Crippen MR) is 70.1 cm³/mol. The standard InChI is InChI=1S/C14H21N3O/c1-15-14(10-2-3-10)11-6-7-17(8-11)9-13(18)16-12-4-5-12/h6-8,10,12,14-15H,2-5,9H2,1H3,(H,16,18). The molecule has 2 N–H and O–H groups in total. The Hall–Kier alpha value is -1.29. The van der Waals surface area contributed by atoms with E-state index in [0.717, 1.165) is 18.8 Å². The number of amides is 1. The van der Waals surface area contributed by atoms with Crippen LogP contribution in [0.4, 0.5) is 0 Å². The molecule has 18 heavy (non-hydrogen) atoms. The van der Waals surface area contributed by atoms with Crippen molar-refractivity contribution in [3.05, 3.63) is 24.0 Å². The van der Waals surface area contributed by atoms with Crippen molar-refractivity contribution in [3.63, 3.8) is 0 Å². The first kappa shape index (κ1) is 11.8. The lowest BCUT2D eigenvalue weighted by molar-refractivity contribution is -0.121. The van der Waals surface area contributed by atoms with Crippen molar-refractivity contribution in [1.82, 2.24) is 15.2 Å². The van der Waals surface area contributed by atoms with Gasteiger partial charge >= 0.3 is 0 Å². The lowest BCUT2D eigenvalue weighted by Crippen LogP contribution is -2.28. The zero-order valence-corrected chi connectivity index (χ0v) is 10.9. The molecule has 3 rings (SSSR count). The average molecular weight is 247 g/mol. The number of hydrogen-bond acceptors (Lipinski definition) is 2. The summed E-state index contributed by atoms with van der Waals surface area (Å²) in [5.41, 5.74) is 1.30. The van der Waals surface area contributed by atoms with Crippen LogP contribution in [0.25, 0.3) is 0 Å². The summed E-state index contributed by atoms with van der Waals surface area (Å²) in [5, 5.41) is 6.39. The summed E-state index contributed by atoms with van der Waals surface area (Å²) in [4.78, 5) is 11.7. The second-order valence-electron chi connectivity index (χ2n) is 5.56. The Morgan fingerprint density at radius 1 is 1.44 bits per heavy atom. The molecule has 2 aliphatic carbocycles. The smallest absolute Gasteiger partial charge is 0.240 e. The largest absolute Gasteiger partial charge is 0.352 e. The van der Waals surface area contributed by atoms with Gasteiger partial charge in [-0.3, -0.25) is 4.79 Å². The van der Waals surface area contributed by atoms with E-state index < -0.39 is 0 Å². The quantitative estimate of drug-likeness (QED) is 0.799. The molecule has 0 bridgehead atoms. The van der Waals surface area contributed by atoms with E-state index in [0.29, 0.717) is 18.6 Å². The minimum absolute atomic E-state index is 0.132. The third-order valence-corrected chi connectivity index (χ3v) is 3.81. The molecule has 1 unspecified atom stereocenters. The van der Waals surface area contributed by atoms with Crippen LogP contribution in [-0.2, 0) is 11.3 Å². The van der Waals surface area contributed by atoms with E-state index in [1.807, 2.05) is 17.8 Å². The molecular formula is C14H21N3O. The second kappa shape index (κ2) is 4.76. The highest BCUT2D eigenvalue weighted by atomic mass is 16.2. The molecule has 0 radical (unpaired) electrons. The molecule has 2 fully saturated rings. The number of nitrogens with one attached hydrogen (secondary N) is 2. The van der Waals surface area contributed by atoms with Gasteiger partial charge in [0.1, 0.15) is 6.54 Å². The molecule has 1 amide bonds. The minimum atomic E-state index is 0.132. The van der Waals surface area contributed by atoms with Crippen molar-refractivity contribution < 1.29 is 4.79 Å². The van der Waals surface area contributed by atoms with Crippen molar-refractivity contribution in [2.45, 2.75) is 44.3 Å². The van der Waals surface area contributed by atoms with Crippen molar-refractivity contribution in [3.8, 4) is 0 Å². The van der Waals surface area contributed by atoms with Crippen LogP contribution in [0, 0.1) is 5.92 Å². The van der Waals surface area contributed by atoms with E-state index >= 15 is 0 Å². The van der Waals surface area contributed by atoms with Gasteiger partial charge in [0, 0.05) is 24.5 Å². The van der Waals surface area contributed by atoms with Gasteiger partial charge in [0.15, 0.2) is 0 Å². The van der Waals surface area contributed by atoms with Gasteiger partial charge in [0.2, 0.25) is 5.91 Å². The number of rotatable bonds is 6. The Labute approximate surface area is 108 Å². The maximum Gasteiger partial charge on any atom is 0.240 e. The van der Waals surface area contributed by atoms with Gasteiger partial charge in [-0.1, -0.05) is 0 Å². The van der Waals surface area contributed by atoms with Crippen molar-refractivity contribution in [1.29, 1.82) is 0 Å². The highest BCUT2D eigenvalue weighted by Crippen LogP contribution is 2.40. The zero-order valence-electron chi connectivity index (χ0n) is 10.9. The normalized spacial score (nSPS) is 20.7. The fraction of sp³-hybridized carbons (Fsp3) is 0.643. The predicted octanol–water partition coefficient (Wildman–Crippen LogP) is 1.44. The Balaban J connectivity index is 1.59. The van der Waals surface area contributed by atoms with E-state index in [4.69, 9.17) is 0 Å². The molecule has 4 nitrogen and oxygen atoms in total. The van der Waals surface area contributed by atoms with Gasteiger partial charge in [-0.05, 0) is 50.3 Å². The van der Waals surface area contributed by atoms with Gasteiger partial charge in [0.05, 0.1) is 0 Å². The Kier molecular flexibility index (Phi) is 3.12. The number of carbonyl (C=O) groups is 1. The molecule has 0 spiro atoms. The van der Waals surface area contributed by atoms with E-state index in [9.17, 15) is 4.79 Å². The molecular weight excluding hydrogens is 226 g/mol. The SMILES string of the molecule is CNC(c1ccn(CC(=O)NC2CC2)c1)C1CC1. The van der Waals surface area contributed by atoms with Gasteiger partial charge in [-0.2, -0.15) is 0 Å². The van der Waals surface area contributed by atoms with Gasteiger partial charge in [0.25, 0.3) is 0 Å². The van der Waals surface area contributed by atoms with E-state index in [1.165, 1.54) is 18.4 Å². The van der Waals surface area contributed by atoms with Crippen molar-refractivity contribution in [2.24, 2.45) is 5.92 Å². The number of aromatic nitrogens is 1. The van der Waals surface area contributed by atoms with Crippen molar-refractivity contribution >= 4 is 5.91 Å². The van der Waals surface area contributed by atoms with Gasteiger partial charge in [-0.15, -0.1) is 0 Å². The summed E-state index contributed by atoms with van der Waals surface area (Å²) in [6, 6.07) is 3.03. The monoisotopic (exact) mass is 247 g/mol. The second-order valence-corrected chi connectivity index (χ2v) is 5.56. The van der Waals surface area contributed by atoms with Crippen LogP contribution in [0.1, 0.15) is 37.3 Å². The molecule has 98 valence electrons. The molecule has 0 aromatic carbocycles. The summed E-state index contributed by atoms with van der Waals surface area (Å²) in [6.45, 7) is 0.442. The lowest BCUT2D eigenvalue weighted by atomic mass is 10.1. The Bertz CT molecular complexity index is 432. The fourth-order valence-corrected chi connectivity index (χ4v) is 2.51. The molecule has 1 aromatic rings. The van der Waals surface area contributed by atoms with Crippen LogP contribution in [-0.4, -0.2) is 23.6 Å². The number of carbonyl (C=O) groups excluding carboxylic acids is 1. The third kappa shape index (κ3) is 2.75. The average Bonchev–Trinajstić information content (AvgIpc) is 3.23. The maximum absolute atomic E-state index is 11.7. The maximum atomic E-state index is 11.7. The van der Waals surface area contributed by atoms with E-state index in [1.54, 1.807) is 0 Å². The van der Waals surface area contributed by atoms with E-state index in [-0.39, 0.29) is 5.91 Å². The van der Waals surface area contributed by atoms with Crippen LogP contribution in [0.3, 0.4) is 0 Å². The third-order valence-electron chi connectivity index (χ3n) is 3.81. The molecule has 2 aliphatic rings. The van der Waals surface area contributed by atoms with Gasteiger partial charge in [-0.25, -0.2) is 0 Å². The summed E-state index contributed by atoms with van der Waals surface area (Å²) in [5.74, 6) is 0.915. The van der Waals surface area contributed by atoms with Crippen LogP contribution < -0.4 is 10.6 Å².